The minimum Gasteiger partial charge on any atom is -0.748 e. The van der Waals surface area contributed by atoms with E-state index in [1.165, 1.54) is 17.2 Å². The van der Waals surface area contributed by atoms with Crippen molar-refractivity contribution in [2.45, 2.75) is 6.54 Å². The molecule has 0 amide bonds. The first-order chi connectivity index (χ1) is 8.94. The zero-order valence-corrected chi connectivity index (χ0v) is 10.6. The summed E-state index contributed by atoms with van der Waals surface area (Å²) in [5, 5.41) is 4.00. The number of aryl methyl sites for hydroxylation is 1. The number of aromatic nitrogens is 4. The summed E-state index contributed by atoms with van der Waals surface area (Å²) in [7, 11) is -4.24. The summed E-state index contributed by atoms with van der Waals surface area (Å²) in [4.78, 5) is 7.82. The van der Waals surface area contributed by atoms with Gasteiger partial charge in [-0.3, -0.25) is 0 Å². The molecule has 100 valence electrons. The molecule has 0 saturated heterocycles. The van der Waals surface area contributed by atoms with Gasteiger partial charge in [-0.15, -0.1) is 0 Å². The van der Waals surface area contributed by atoms with Crippen LogP contribution in [0.2, 0.25) is 0 Å². The number of rotatable bonds is 4. The van der Waals surface area contributed by atoms with Crippen LogP contribution in [0.15, 0.2) is 30.9 Å². The number of nitrogen functional groups attached to an aromatic ring is 1. The highest BCUT2D eigenvalue weighted by Gasteiger charge is 2.08. The van der Waals surface area contributed by atoms with Gasteiger partial charge in [0.25, 0.3) is 0 Å². The second-order valence-electron chi connectivity index (χ2n) is 3.77. The average molecular weight is 281 g/mol. The smallest absolute Gasteiger partial charge is 0.197 e. The molecule has 0 spiro atoms. The van der Waals surface area contributed by atoms with Gasteiger partial charge in [-0.1, -0.05) is 4.68 Å². The number of nitrogens with zero attached hydrogens (tertiary/aromatic N) is 4. The molecule has 0 aliphatic heterocycles. The Kier molecular flexibility index (Phi) is 3.67. The van der Waals surface area contributed by atoms with Crippen molar-refractivity contribution in [2.24, 2.45) is 0 Å². The normalized spacial score (nSPS) is 11.4. The molecule has 0 bridgehead atoms. The molecule has 0 aliphatic rings. The van der Waals surface area contributed by atoms with Crippen LogP contribution in [-0.2, 0) is 16.7 Å². The summed E-state index contributed by atoms with van der Waals surface area (Å²) < 4.78 is 32.9. The molecule has 0 radical (unpaired) electrons. The van der Waals surface area contributed by atoms with Crippen LogP contribution in [0.3, 0.4) is 0 Å². The molecule has 8 nitrogen and oxygen atoms in total. The third kappa shape index (κ3) is 3.93. The monoisotopic (exact) mass is 281 g/mol. The van der Waals surface area contributed by atoms with Crippen molar-refractivity contribution in [3.8, 4) is 11.3 Å². The van der Waals surface area contributed by atoms with E-state index in [0.717, 1.165) is 5.56 Å². The molecule has 2 heterocycles. The largest absolute Gasteiger partial charge is 0.748 e. The molecular formula is C10H11N5O3S. The molecule has 2 rings (SSSR count). The van der Waals surface area contributed by atoms with Crippen LogP contribution in [0.4, 0.5) is 5.82 Å². The fourth-order valence-corrected chi connectivity index (χ4v) is 1.81. The molecule has 2 aromatic rings. The zero-order chi connectivity index (χ0) is 13.9. The van der Waals surface area contributed by atoms with Crippen molar-refractivity contribution >= 4 is 15.9 Å². The molecule has 0 fully saturated rings. The van der Waals surface area contributed by atoms with Gasteiger partial charge in [-0.25, -0.2) is 18.4 Å². The first-order valence-corrected chi connectivity index (χ1v) is 6.89. The van der Waals surface area contributed by atoms with Gasteiger partial charge in [0.1, 0.15) is 28.5 Å². The Morgan fingerprint density at radius 2 is 2.16 bits per heavy atom. The summed E-state index contributed by atoms with van der Waals surface area (Å²) in [5.74, 6) is -0.149. The molecule has 0 aliphatic carbocycles. The summed E-state index contributed by atoms with van der Waals surface area (Å²) >= 11 is 0. The second-order valence-corrected chi connectivity index (χ2v) is 5.29. The quantitative estimate of drug-likeness (QED) is 0.560. The van der Waals surface area contributed by atoms with Crippen molar-refractivity contribution < 1.29 is 17.7 Å². The molecule has 0 saturated carbocycles. The van der Waals surface area contributed by atoms with Crippen molar-refractivity contribution in [3.05, 3.63) is 30.9 Å². The maximum absolute atomic E-state index is 10.5. The molecule has 0 atom stereocenters. The van der Waals surface area contributed by atoms with Crippen molar-refractivity contribution in [2.75, 3.05) is 11.5 Å². The Morgan fingerprint density at radius 3 is 2.74 bits per heavy atom. The van der Waals surface area contributed by atoms with Crippen LogP contribution in [0, 0.1) is 0 Å². The summed E-state index contributed by atoms with van der Waals surface area (Å²) in [6, 6.07) is 3.30. The Labute approximate surface area is 109 Å². The lowest BCUT2D eigenvalue weighted by atomic mass is 10.2. The van der Waals surface area contributed by atoms with Crippen LogP contribution in [-0.4, -0.2) is 33.8 Å². The predicted molar refractivity (Wildman–Crippen MR) is 64.4 cm³/mol. The van der Waals surface area contributed by atoms with E-state index in [1.54, 1.807) is 18.3 Å². The van der Waals surface area contributed by atoms with Gasteiger partial charge in [-0.2, -0.15) is 0 Å². The van der Waals surface area contributed by atoms with Crippen molar-refractivity contribution in [1.29, 1.82) is 0 Å². The van der Waals surface area contributed by atoms with Gasteiger partial charge in [0.15, 0.2) is 12.7 Å². The maximum atomic E-state index is 10.5. The van der Waals surface area contributed by atoms with Gasteiger partial charge in [0, 0.05) is 17.7 Å². The first kappa shape index (κ1) is 13.3. The SMILES string of the molecule is Nc1cc(-c2cc[n+](CCS(=O)(=O)[O-])nc2)ncn1. The topological polar surface area (TPSA) is 126 Å². The molecule has 0 aromatic carbocycles. The van der Waals surface area contributed by atoms with Crippen molar-refractivity contribution in [3.63, 3.8) is 0 Å². The average Bonchev–Trinajstić information content (AvgIpc) is 2.36. The second kappa shape index (κ2) is 5.24. The lowest BCUT2D eigenvalue weighted by Crippen LogP contribution is -2.40. The van der Waals surface area contributed by atoms with E-state index in [9.17, 15) is 13.0 Å². The lowest BCUT2D eigenvalue weighted by Gasteiger charge is -2.03. The number of hydrogen-bond donors (Lipinski definition) is 1. The lowest BCUT2D eigenvalue weighted by molar-refractivity contribution is -0.750. The Bertz CT molecular complexity index is 672. The molecule has 0 unspecified atom stereocenters. The molecule has 19 heavy (non-hydrogen) atoms. The summed E-state index contributed by atoms with van der Waals surface area (Å²) in [6.45, 7) is 0.0119. The van der Waals surface area contributed by atoms with Crippen LogP contribution >= 0.6 is 0 Å². The number of hydrogen-bond acceptors (Lipinski definition) is 7. The summed E-state index contributed by atoms with van der Waals surface area (Å²) in [6.07, 6.45) is 4.42. The zero-order valence-electron chi connectivity index (χ0n) is 9.80. The molecular weight excluding hydrogens is 270 g/mol. The standard InChI is InChI=1S/C10H11N5O3S/c11-10-5-9(12-7-13-10)8-1-2-15(14-6-8)3-4-19(16,17)18/h1-2,5-7H,3-4H2,(H2-,11,12,13,16,17,18). The van der Waals surface area contributed by atoms with E-state index < -0.39 is 15.9 Å². The van der Waals surface area contributed by atoms with E-state index in [0.29, 0.717) is 11.5 Å². The highest BCUT2D eigenvalue weighted by molar-refractivity contribution is 7.85. The van der Waals surface area contributed by atoms with E-state index in [1.807, 2.05) is 0 Å². The summed E-state index contributed by atoms with van der Waals surface area (Å²) in [5.41, 5.74) is 6.88. The molecule has 2 aromatic heterocycles. The first-order valence-electron chi connectivity index (χ1n) is 5.31. The van der Waals surface area contributed by atoms with Gasteiger partial charge < -0.3 is 10.3 Å². The van der Waals surface area contributed by atoms with E-state index in [2.05, 4.69) is 15.1 Å². The Morgan fingerprint density at radius 1 is 1.37 bits per heavy atom. The van der Waals surface area contributed by atoms with Gasteiger partial charge in [0.05, 0.1) is 11.4 Å². The van der Waals surface area contributed by atoms with Crippen LogP contribution in [0.1, 0.15) is 0 Å². The van der Waals surface area contributed by atoms with Gasteiger partial charge >= 0.3 is 0 Å². The molecule has 9 heteroatoms. The van der Waals surface area contributed by atoms with Crippen molar-refractivity contribution in [1.82, 2.24) is 15.1 Å². The Hall–Kier alpha value is -2.13. The van der Waals surface area contributed by atoms with Crippen LogP contribution in [0.5, 0.6) is 0 Å². The van der Waals surface area contributed by atoms with Gasteiger partial charge in [0.2, 0.25) is 0 Å². The van der Waals surface area contributed by atoms with E-state index in [-0.39, 0.29) is 6.54 Å². The predicted octanol–water partition coefficient (Wildman–Crippen LogP) is -1.05. The maximum Gasteiger partial charge on any atom is 0.197 e. The highest BCUT2D eigenvalue weighted by atomic mass is 32.2. The minimum absolute atomic E-state index is 0.0119. The van der Waals surface area contributed by atoms with Crippen LogP contribution in [0.25, 0.3) is 11.3 Å². The third-order valence-electron chi connectivity index (χ3n) is 2.33. The third-order valence-corrected chi connectivity index (χ3v) is 3.01. The fourth-order valence-electron chi connectivity index (χ4n) is 1.40. The van der Waals surface area contributed by atoms with E-state index >= 15 is 0 Å². The fraction of sp³-hybridized carbons (Fsp3) is 0.200. The number of nitrogens with two attached hydrogens (primary N) is 1. The van der Waals surface area contributed by atoms with E-state index in [4.69, 9.17) is 5.73 Å². The van der Waals surface area contributed by atoms with Crippen LogP contribution < -0.4 is 10.4 Å². The van der Waals surface area contributed by atoms with Gasteiger partial charge in [-0.05, 0) is 5.10 Å². The minimum atomic E-state index is -4.24. The highest BCUT2D eigenvalue weighted by Crippen LogP contribution is 2.14. The number of anilines is 1. The molecule has 2 N–H and O–H groups in total. The Balaban J connectivity index is 2.15.